The van der Waals surface area contributed by atoms with Gasteiger partial charge in [-0.25, -0.2) is 0 Å². The van der Waals surface area contributed by atoms with Crippen LogP contribution in [0.5, 0.6) is 0 Å². The average molecular weight is 260 g/mol. The minimum Gasteiger partial charge on any atom is -0.351 e. The second-order valence-corrected chi connectivity index (χ2v) is 5.74. The van der Waals surface area contributed by atoms with Crippen molar-refractivity contribution in [1.82, 2.24) is 10.2 Å². The highest BCUT2D eigenvalue weighted by molar-refractivity contribution is 5.78. The SMILES string of the molecule is Cc1ccc(CNC(=O)CN2CCC[C@@H](C)C2)cc1. The van der Waals surface area contributed by atoms with Crippen molar-refractivity contribution in [3.05, 3.63) is 35.4 Å². The molecule has 1 saturated heterocycles. The summed E-state index contributed by atoms with van der Waals surface area (Å²) in [7, 11) is 0. The quantitative estimate of drug-likeness (QED) is 0.901. The first-order chi connectivity index (χ1) is 9.13. The molecule has 3 nitrogen and oxygen atoms in total. The number of amides is 1. The third-order valence-electron chi connectivity index (χ3n) is 3.72. The summed E-state index contributed by atoms with van der Waals surface area (Å²) < 4.78 is 0. The highest BCUT2D eigenvalue weighted by Crippen LogP contribution is 2.14. The second-order valence-electron chi connectivity index (χ2n) is 5.74. The van der Waals surface area contributed by atoms with Crippen LogP contribution in [-0.4, -0.2) is 30.4 Å². The number of benzene rings is 1. The van der Waals surface area contributed by atoms with Crippen molar-refractivity contribution < 1.29 is 4.79 Å². The molecule has 1 fully saturated rings. The van der Waals surface area contributed by atoms with E-state index in [2.05, 4.69) is 48.3 Å². The first-order valence-corrected chi connectivity index (χ1v) is 7.18. The van der Waals surface area contributed by atoms with E-state index < -0.39 is 0 Å². The zero-order valence-electron chi connectivity index (χ0n) is 12.0. The molecular weight excluding hydrogens is 236 g/mol. The van der Waals surface area contributed by atoms with Gasteiger partial charge in [0, 0.05) is 13.1 Å². The topological polar surface area (TPSA) is 32.3 Å². The Morgan fingerprint density at radius 3 is 2.79 bits per heavy atom. The van der Waals surface area contributed by atoms with Crippen LogP contribution in [0.25, 0.3) is 0 Å². The molecule has 0 aliphatic carbocycles. The Bertz CT molecular complexity index is 413. The molecule has 104 valence electrons. The van der Waals surface area contributed by atoms with Crippen LogP contribution >= 0.6 is 0 Å². The van der Waals surface area contributed by atoms with E-state index in [1.54, 1.807) is 0 Å². The number of hydrogen-bond acceptors (Lipinski definition) is 2. The average Bonchev–Trinajstić information content (AvgIpc) is 2.38. The van der Waals surface area contributed by atoms with Crippen LogP contribution in [0, 0.1) is 12.8 Å². The molecule has 0 radical (unpaired) electrons. The van der Waals surface area contributed by atoms with E-state index in [4.69, 9.17) is 0 Å². The molecule has 3 heteroatoms. The summed E-state index contributed by atoms with van der Waals surface area (Å²) in [4.78, 5) is 14.2. The maximum Gasteiger partial charge on any atom is 0.234 e. The van der Waals surface area contributed by atoms with Crippen LogP contribution in [0.4, 0.5) is 0 Å². The summed E-state index contributed by atoms with van der Waals surface area (Å²) in [6, 6.07) is 8.29. The number of nitrogens with zero attached hydrogens (tertiary/aromatic N) is 1. The maximum absolute atomic E-state index is 11.9. The van der Waals surface area contributed by atoms with Crippen molar-refractivity contribution in [3.8, 4) is 0 Å². The van der Waals surface area contributed by atoms with E-state index in [9.17, 15) is 4.79 Å². The van der Waals surface area contributed by atoms with E-state index in [0.717, 1.165) is 24.6 Å². The monoisotopic (exact) mass is 260 g/mol. The smallest absolute Gasteiger partial charge is 0.234 e. The molecule has 19 heavy (non-hydrogen) atoms. The summed E-state index contributed by atoms with van der Waals surface area (Å²) in [5.41, 5.74) is 2.41. The molecule has 0 spiro atoms. The van der Waals surface area contributed by atoms with Crippen LogP contribution in [0.2, 0.25) is 0 Å². The number of likely N-dealkylation sites (tertiary alicyclic amines) is 1. The van der Waals surface area contributed by atoms with Crippen molar-refractivity contribution >= 4 is 5.91 Å². The number of rotatable bonds is 4. The minimum atomic E-state index is 0.134. The Labute approximate surface area is 116 Å². The van der Waals surface area contributed by atoms with Gasteiger partial charge in [0.15, 0.2) is 0 Å². The Morgan fingerprint density at radius 2 is 2.11 bits per heavy atom. The van der Waals surface area contributed by atoms with Crippen LogP contribution in [0.3, 0.4) is 0 Å². The number of piperidine rings is 1. The standard InChI is InChI=1S/C16H24N2O/c1-13-5-7-15(8-6-13)10-17-16(19)12-18-9-3-4-14(2)11-18/h5-8,14H,3-4,9-12H2,1-2H3,(H,17,19)/t14-/m1/s1. The van der Waals surface area contributed by atoms with Crippen molar-refractivity contribution in [2.75, 3.05) is 19.6 Å². The Balaban J connectivity index is 1.73. The van der Waals surface area contributed by atoms with Crippen molar-refractivity contribution in [1.29, 1.82) is 0 Å². The van der Waals surface area contributed by atoms with Gasteiger partial charge >= 0.3 is 0 Å². The third kappa shape index (κ3) is 4.67. The molecule has 1 amide bonds. The molecule has 0 bridgehead atoms. The van der Waals surface area contributed by atoms with E-state index in [0.29, 0.717) is 13.1 Å². The molecular formula is C16H24N2O. The van der Waals surface area contributed by atoms with Gasteiger partial charge in [0.2, 0.25) is 5.91 Å². The van der Waals surface area contributed by atoms with E-state index in [-0.39, 0.29) is 5.91 Å². The van der Waals surface area contributed by atoms with Crippen molar-refractivity contribution in [2.45, 2.75) is 33.2 Å². The van der Waals surface area contributed by atoms with Gasteiger partial charge in [0.25, 0.3) is 0 Å². The third-order valence-corrected chi connectivity index (χ3v) is 3.72. The number of carbonyl (C=O) groups excluding carboxylic acids is 1. The molecule has 1 heterocycles. The normalized spacial score (nSPS) is 20.2. The van der Waals surface area contributed by atoms with Gasteiger partial charge in [-0.1, -0.05) is 36.8 Å². The molecule has 0 saturated carbocycles. The molecule has 0 unspecified atom stereocenters. The van der Waals surface area contributed by atoms with Crippen LogP contribution in [0.1, 0.15) is 30.9 Å². The zero-order chi connectivity index (χ0) is 13.7. The Hall–Kier alpha value is -1.35. The summed E-state index contributed by atoms with van der Waals surface area (Å²) >= 11 is 0. The number of hydrogen-bond donors (Lipinski definition) is 1. The fourth-order valence-electron chi connectivity index (χ4n) is 2.60. The van der Waals surface area contributed by atoms with Crippen LogP contribution in [0.15, 0.2) is 24.3 Å². The fraction of sp³-hybridized carbons (Fsp3) is 0.562. The van der Waals surface area contributed by atoms with Crippen molar-refractivity contribution in [2.24, 2.45) is 5.92 Å². The van der Waals surface area contributed by atoms with Gasteiger partial charge in [0.05, 0.1) is 6.54 Å². The number of carbonyl (C=O) groups is 1. The lowest BCUT2D eigenvalue weighted by atomic mass is 10.0. The first kappa shape index (κ1) is 14.1. The molecule has 0 aromatic heterocycles. The highest BCUT2D eigenvalue weighted by atomic mass is 16.2. The van der Waals surface area contributed by atoms with Gasteiger partial charge < -0.3 is 5.32 Å². The summed E-state index contributed by atoms with van der Waals surface area (Å²) in [5.74, 6) is 0.855. The van der Waals surface area contributed by atoms with Gasteiger partial charge in [-0.3, -0.25) is 9.69 Å². The lowest BCUT2D eigenvalue weighted by Gasteiger charge is -2.30. The molecule has 1 aliphatic rings. The Kier molecular flexibility index (Phi) is 4.97. The minimum absolute atomic E-state index is 0.134. The largest absolute Gasteiger partial charge is 0.351 e. The van der Waals surface area contributed by atoms with E-state index >= 15 is 0 Å². The summed E-state index contributed by atoms with van der Waals surface area (Å²) in [5, 5.41) is 3.00. The zero-order valence-corrected chi connectivity index (χ0v) is 12.0. The summed E-state index contributed by atoms with van der Waals surface area (Å²) in [6.07, 6.45) is 2.51. The van der Waals surface area contributed by atoms with E-state index in [1.807, 2.05) is 0 Å². The second kappa shape index (κ2) is 6.71. The van der Waals surface area contributed by atoms with E-state index in [1.165, 1.54) is 18.4 Å². The number of nitrogens with one attached hydrogen (secondary N) is 1. The predicted molar refractivity (Wildman–Crippen MR) is 77.9 cm³/mol. The molecule has 2 rings (SSSR count). The van der Waals surface area contributed by atoms with Gasteiger partial charge in [-0.05, 0) is 37.8 Å². The highest BCUT2D eigenvalue weighted by Gasteiger charge is 2.18. The molecule has 1 aromatic carbocycles. The fourth-order valence-corrected chi connectivity index (χ4v) is 2.60. The summed E-state index contributed by atoms with van der Waals surface area (Å²) in [6.45, 7) is 7.61. The molecule has 1 N–H and O–H groups in total. The first-order valence-electron chi connectivity index (χ1n) is 7.18. The van der Waals surface area contributed by atoms with Gasteiger partial charge in [-0.2, -0.15) is 0 Å². The number of aryl methyl sites for hydroxylation is 1. The lowest BCUT2D eigenvalue weighted by Crippen LogP contribution is -2.41. The molecule has 1 aromatic rings. The van der Waals surface area contributed by atoms with Crippen molar-refractivity contribution in [3.63, 3.8) is 0 Å². The predicted octanol–water partition coefficient (Wildman–Crippen LogP) is 2.34. The van der Waals surface area contributed by atoms with Crippen LogP contribution in [-0.2, 0) is 11.3 Å². The van der Waals surface area contributed by atoms with Gasteiger partial charge in [-0.15, -0.1) is 0 Å². The molecule has 1 aliphatic heterocycles. The molecule has 1 atom stereocenters. The lowest BCUT2D eigenvalue weighted by molar-refractivity contribution is -0.122. The van der Waals surface area contributed by atoms with Crippen LogP contribution < -0.4 is 5.32 Å². The maximum atomic E-state index is 11.9. The van der Waals surface area contributed by atoms with Gasteiger partial charge in [0.1, 0.15) is 0 Å². The Morgan fingerprint density at radius 1 is 1.37 bits per heavy atom.